The molecule has 0 fully saturated rings. The summed E-state index contributed by atoms with van der Waals surface area (Å²) >= 11 is 6.11. The summed E-state index contributed by atoms with van der Waals surface area (Å²) < 4.78 is 25.3. The van der Waals surface area contributed by atoms with Crippen molar-refractivity contribution < 1.29 is 13.2 Å². The Bertz CT molecular complexity index is 709. The molecule has 1 rings (SSSR count). The smallest absolute Gasteiger partial charge is 0.235 e. The minimum Gasteiger partial charge on any atom is -0.350 e. The van der Waals surface area contributed by atoms with Gasteiger partial charge in [0.1, 0.15) is 0 Å². The van der Waals surface area contributed by atoms with Gasteiger partial charge in [-0.1, -0.05) is 50.6 Å². The van der Waals surface area contributed by atoms with Gasteiger partial charge < -0.3 is 5.32 Å². The third-order valence-corrected chi connectivity index (χ3v) is 5.11. The second kappa shape index (κ2) is 8.06. The maximum atomic E-state index is 12.4. The summed E-state index contributed by atoms with van der Waals surface area (Å²) in [6.45, 7) is 10.00. The molecule has 0 unspecified atom stereocenters. The van der Waals surface area contributed by atoms with Gasteiger partial charge in [-0.3, -0.25) is 4.79 Å². The minimum atomic E-state index is -3.55. The summed E-state index contributed by atoms with van der Waals surface area (Å²) in [5.74, 6) is -0.327. The zero-order valence-corrected chi connectivity index (χ0v) is 17.5. The van der Waals surface area contributed by atoms with E-state index in [1.54, 1.807) is 24.3 Å². The predicted molar refractivity (Wildman–Crippen MR) is 103 cm³/mol. The molecule has 0 bridgehead atoms. The summed E-state index contributed by atoms with van der Waals surface area (Å²) in [7, 11) is -3.55. The van der Waals surface area contributed by atoms with Gasteiger partial charge in [0.15, 0.2) is 0 Å². The Labute approximate surface area is 156 Å². The Morgan fingerprint density at radius 2 is 1.72 bits per heavy atom. The molecule has 5 nitrogen and oxygen atoms in total. The molecule has 0 aromatic heterocycles. The Morgan fingerprint density at radius 3 is 2.20 bits per heavy atom. The first-order valence-electron chi connectivity index (χ1n) is 8.19. The van der Waals surface area contributed by atoms with Crippen LogP contribution in [0.15, 0.2) is 24.3 Å². The van der Waals surface area contributed by atoms with Crippen molar-refractivity contribution in [3.8, 4) is 0 Å². The molecule has 1 N–H and O–H groups in total. The summed E-state index contributed by atoms with van der Waals surface area (Å²) in [4.78, 5) is 12.4. The van der Waals surface area contributed by atoms with Gasteiger partial charge in [-0.25, -0.2) is 8.42 Å². The van der Waals surface area contributed by atoms with Crippen LogP contribution in [0.4, 0.5) is 0 Å². The number of halogens is 1. The Balaban J connectivity index is 2.86. The van der Waals surface area contributed by atoms with Crippen LogP contribution in [-0.2, 0) is 21.4 Å². The van der Waals surface area contributed by atoms with E-state index in [4.69, 9.17) is 11.6 Å². The molecule has 142 valence electrons. The number of amides is 1. The molecular formula is C18H29ClN2O3S. The molecule has 0 aliphatic heterocycles. The van der Waals surface area contributed by atoms with Crippen molar-refractivity contribution in [2.45, 2.75) is 53.1 Å². The van der Waals surface area contributed by atoms with E-state index in [1.165, 1.54) is 0 Å². The van der Waals surface area contributed by atoms with Crippen LogP contribution in [0.25, 0.3) is 0 Å². The molecule has 0 aliphatic rings. The lowest BCUT2D eigenvalue weighted by molar-refractivity contribution is -0.123. The zero-order chi connectivity index (χ0) is 19.5. The van der Waals surface area contributed by atoms with E-state index in [-0.39, 0.29) is 24.4 Å². The third kappa shape index (κ3) is 8.21. The van der Waals surface area contributed by atoms with E-state index in [9.17, 15) is 13.2 Å². The van der Waals surface area contributed by atoms with E-state index in [0.717, 1.165) is 17.0 Å². The molecule has 1 aromatic carbocycles. The third-order valence-electron chi connectivity index (χ3n) is 3.54. The van der Waals surface area contributed by atoms with Gasteiger partial charge in [-0.2, -0.15) is 4.31 Å². The van der Waals surface area contributed by atoms with Gasteiger partial charge in [-0.15, -0.1) is 0 Å². The Hall–Kier alpha value is -1.11. The van der Waals surface area contributed by atoms with Gasteiger partial charge in [-0.05, 0) is 37.3 Å². The standard InChI is InChI=1S/C18H29ClN2O3S/c1-17(2,3)13-18(4,5)20-16(22)12-21(25(6,23)24)11-14-9-7-8-10-15(14)19/h7-10H,11-13H2,1-6H3,(H,20,22). The molecule has 25 heavy (non-hydrogen) atoms. The first kappa shape index (κ1) is 21.9. The summed E-state index contributed by atoms with van der Waals surface area (Å²) in [5.41, 5.74) is 0.282. The van der Waals surface area contributed by atoms with Crippen LogP contribution < -0.4 is 5.32 Å². The molecule has 1 aromatic rings. The summed E-state index contributed by atoms with van der Waals surface area (Å²) in [5, 5.41) is 3.41. The maximum absolute atomic E-state index is 12.4. The minimum absolute atomic E-state index is 0.0465. The van der Waals surface area contributed by atoms with Crippen molar-refractivity contribution in [3.05, 3.63) is 34.9 Å². The molecular weight excluding hydrogens is 360 g/mol. The van der Waals surface area contributed by atoms with E-state index < -0.39 is 15.6 Å². The Morgan fingerprint density at radius 1 is 1.16 bits per heavy atom. The monoisotopic (exact) mass is 388 g/mol. The second-order valence-electron chi connectivity index (χ2n) is 8.29. The molecule has 0 aliphatic carbocycles. The van der Waals surface area contributed by atoms with Gasteiger partial charge in [0, 0.05) is 17.1 Å². The van der Waals surface area contributed by atoms with Crippen LogP contribution in [0.1, 0.15) is 46.6 Å². The van der Waals surface area contributed by atoms with Crippen molar-refractivity contribution in [2.75, 3.05) is 12.8 Å². The van der Waals surface area contributed by atoms with Crippen LogP contribution in [0.5, 0.6) is 0 Å². The van der Waals surface area contributed by atoms with Crippen molar-refractivity contribution in [2.24, 2.45) is 5.41 Å². The molecule has 0 saturated carbocycles. The number of carbonyl (C=O) groups excluding carboxylic acids is 1. The molecule has 7 heteroatoms. The highest BCUT2D eigenvalue weighted by Crippen LogP contribution is 2.26. The lowest BCUT2D eigenvalue weighted by Gasteiger charge is -2.34. The van der Waals surface area contributed by atoms with Gasteiger partial charge in [0.2, 0.25) is 15.9 Å². The van der Waals surface area contributed by atoms with Crippen molar-refractivity contribution >= 4 is 27.5 Å². The topological polar surface area (TPSA) is 66.5 Å². The van der Waals surface area contributed by atoms with Crippen LogP contribution in [0.3, 0.4) is 0 Å². The number of nitrogens with zero attached hydrogens (tertiary/aromatic N) is 1. The number of carbonyl (C=O) groups is 1. The lowest BCUT2D eigenvalue weighted by Crippen LogP contribution is -2.50. The first-order chi connectivity index (χ1) is 11.2. The highest BCUT2D eigenvalue weighted by molar-refractivity contribution is 7.88. The fourth-order valence-corrected chi connectivity index (χ4v) is 3.98. The average molecular weight is 389 g/mol. The van der Waals surface area contributed by atoms with E-state index >= 15 is 0 Å². The Kier molecular flexibility index (Phi) is 7.07. The first-order valence-corrected chi connectivity index (χ1v) is 10.4. The molecule has 0 atom stereocenters. The van der Waals surface area contributed by atoms with Crippen molar-refractivity contribution in [3.63, 3.8) is 0 Å². The second-order valence-corrected chi connectivity index (χ2v) is 10.7. The van der Waals surface area contributed by atoms with E-state index in [2.05, 4.69) is 26.1 Å². The maximum Gasteiger partial charge on any atom is 0.235 e. The average Bonchev–Trinajstić information content (AvgIpc) is 2.35. The summed E-state index contributed by atoms with van der Waals surface area (Å²) in [6.07, 6.45) is 1.87. The summed E-state index contributed by atoms with van der Waals surface area (Å²) in [6, 6.07) is 7.01. The number of benzene rings is 1. The number of rotatable bonds is 7. The number of hydrogen-bond acceptors (Lipinski definition) is 3. The fraction of sp³-hybridized carbons (Fsp3) is 0.611. The number of nitrogens with one attached hydrogen (secondary N) is 1. The molecule has 0 saturated heterocycles. The highest BCUT2D eigenvalue weighted by Gasteiger charge is 2.29. The normalized spacial score (nSPS) is 13.1. The lowest BCUT2D eigenvalue weighted by atomic mass is 9.82. The van der Waals surface area contributed by atoms with Gasteiger partial charge >= 0.3 is 0 Å². The van der Waals surface area contributed by atoms with Crippen molar-refractivity contribution in [1.29, 1.82) is 0 Å². The predicted octanol–water partition coefficient (Wildman–Crippen LogP) is 3.43. The van der Waals surface area contributed by atoms with E-state index in [0.29, 0.717) is 10.6 Å². The van der Waals surface area contributed by atoms with Gasteiger partial charge in [0.05, 0.1) is 12.8 Å². The number of sulfonamides is 1. The van der Waals surface area contributed by atoms with Crippen LogP contribution in [-0.4, -0.2) is 37.0 Å². The largest absolute Gasteiger partial charge is 0.350 e. The molecule has 0 heterocycles. The molecule has 0 spiro atoms. The highest BCUT2D eigenvalue weighted by atomic mass is 35.5. The number of hydrogen-bond donors (Lipinski definition) is 1. The van der Waals surface area contributed by atoms with Crippen LogP contribution in [0.2, 0.25) is 5.02 Å². The zero-order valence-electron chi connectivity index (χ0n) is 15.9. The van der Waals surface area contributed by atoms with Gasteiger partial charge in [0.25, 0.3) is 0 Å². The SMILES string of the molecule is CC(C)(C)CC(C)(C)NC(=O)CN(Cc1ccccc1Cl)S(C)(=O)=O. The quantitative estimate of drug-likeness (QED) is 0.778. The molecule has 0 radical (unpaired) electrons. The van der Waals surface area contributed by atoms with E-state index in [1.807, 2.05) is 13.8 Å². The van der Waals surface area contributed by atoms with Crippen molar-refractivity contribution in [1.82, 2.24) is 9.62 Å². The molecule has 1 amide bonds. The van der Waals surface area contributed by atoms with Crippen LogP contribution >= 0.6 is 11.6 Å². The fourth-order valence-electron chi connectivity index (χ4n) is 3.05. The van der Waals surface area contributed by atoms with Crippen LogP contribution in [0, 0.1) is 5.41 Å².